The van der Waals surface area contributed by atoms with Crippen molar-refractivity contribution >= 4 is 5.91 Å². The summed E-state index contributed by atoms with van der Waals surface area (Å²) < 4.78 is 0. The van der Waals surface area contributed by atoms with E-state index in [4.69, 9.17) is 5.73 Å². The second-order valence-electron chi connectivity index (χ2n) is 6.92. The van der Waals surface area contributed by atoms with E-state index in [0.29, 0.717) is 6.42 Å². The molecule has 0 aliphatic heterocycles. The molecule has 0 aliphatic carbocycles. The average molecular weight is 346 g/mol. The van der Waals surface area contributed by atoms with Crippen LogP contribution in [0.3, 0.4) is 0 Å². The highest BCUT2D eigenvalue weighted by molar-refractivity contribution is 5.73. The Bertz CT molecular complexity index is 419. The Balaban J connectivity index is 3.26. The lowest BCUT2D eigenvalue weighted by molar-refractivity contribution is -0.118. The summed E-state index contributed by atoms with van der Waals surface area (Å²) in [5.74, 6) is 12.1. The SMILES string of the molecule is CCCCCCCCCCC#CC#CCCCCCCCCC(N)=O. The van der Waals surface area contributed by atoms with E-state index in [1.165, 1.54) is 70.6 Å². The van der Waals surface area contributed by atoms with Crippen LogP contribution in [0.5, 0.6) is 0 Å². The molecule has 2 heteroatoms. The number of carbonyl (C=O) groups excluding carboxylic acids is 1. The number of hydrogen-bond acceptors (Lipinski definition) is 1. The molecule has 0 atom stereocenters. The van der Waals surface area contributed by atoms with Crippen LogP contribution in [-0.2, 0) is 4.79 Å². The maximum atomic E-state index is 10.6. The molecule has 0 aromatic carbocycles. The predicted molar refractivity (Wildman–Crippen MR) is 109 cm³/mol. The Morgan fingerprint density at radius 2 is 1.04 bits per heavy atom. The highest BCUT2D eigenvalue weighted by Gasteiger charge is 1.94. The highest BCUT2D eigenvalue weighted by Crippen LogP contribution is 2.09. The minimum absolute atomic E-state index is 0.182. The molecule has 0 heterocycles. The van der Waals surface area contributed by atoms with Gasteiger partial charge < -0.3 is 5.73 Å². The topological polar surface area (TPSA) is 43.1 Å². The first-order valence-corrected chi connectivity index (χ1v) is 10.5. The zero-order valence-corrected chi connectivity index (χ0v) is 16.5. The first kappa shape index (κ1) is 23.6. The molecule has 0 saturated heterocycles. The third kappa shape index (κ3) is 22.6. The van der Waals surface area contributed by atoms with Crippen molar-refractivity contribution in [2.45, 2.75) is 116 Å². The van der Waals surface area contributed by atoms with Crippen LogP contribution in [0.4, 0.5) is 0 Å². The molecule has 1 amide bonds. The van der Waals surface area contributed by atoms with E-state index in [2.05, 4.69) is 30.6 Å². The Morgan fingerprint density at radius 1 is 0.640 bits per heavy atom. The van der Waals surface area contributed by atoms with Crippen molar-refractivity contribution in [3.05, 3.63) is 0 Å². The Hall–Kier alpha value is -1.41. The van der Waals surface area contributed by atoms with Gasteiger partial charge >= 0.3 is 0 Å². The molecule has 0 aromatic heterocycles. The summed E-state index contributed by atoms with van der Waals surface area (Å²) in [5, 5.41) is 0. The molecule has 0 rings (SSSR count). The number of hydrogen-bond donors (Lipinski definition) is 1. The minimum atomic E-state index is -0.182. The molecular formula is C23H39NO. The predicted octanol–water partition coefficient (Wildman–Crippen LogP) is 6.13. The van der Waals surface area contributed by atoms with Crippen LogP contribution >= 0.6 is 0 Å². The molecule has 0 aromatic rings. The summed E-state index contributed by atoms with van der Waals surface area (Å²) in [6, 6.07) is 0. The molecule has 0 spiro atoms. The van der Waals surface area contributed by atoms with E-state index in [1.807, 2.05) is 0 Å². The van der Waals surface area contributed by atoms with Crippen molar-refractivity contribution in [1.82, 2.24) is 0 Å². The average Bonchev–Trinajstić information content (AvgIpc) is 2.60. The third-order valence-electron chi connectivity index (χ3n) is 4.37. The van der Waals surface area contributed by atoms with Gasteiger partial charge in [0.05, 0.1) is 0 Å². The summed E-state index contributed by atoms with van der Waals surface area (Å²) in [5.41, 5.74) is 5.11. The van der Waals surface area contributed by atoms with Gasteiger partial charge in [-0.15, -0.1) is 0 Å². The molecular weight excluding hydrogens is 306 g/mol. The quantitative estimate of drug-likeness (QED) is 0.265. The second kappa shape index (κ2) is 20.6. The summed E-state index contributed by atoms with van der Waals surface area (Å²) in [4.78, 5) is 10.6. The zero-order valence-electron chi connectivity index (χ0n) is 16.5. The van der Waals surface area contributed by atoms with Crippen molar-refractivity contribution in [3.8, 4) is 23.7 Å². The van der Waals surface area contributed by atoms with Crippen LogP contribution in [0.25, 0.3) is 0 Å². The van der Waals surface area contributed by atoms with Gasteiger partial charge in [0.25, 0.3) is 0 Å². The Morgan fingerprint density at radius 3 is 1.48 bits per heavy atom. The molecule has 0 bridgehead atoms. The summed E-state index contributed by atoms with van der Waals surface area (Å²) >= 11 is 0. The van der Waals surface area contributed by atoms with Crippen LogP contribution in [0, 0.1) is 23.7 Å². The number of rotatable bonds is 16. The monoisotopic (exact) mass is 345 g/mol. The van der Waals surface area contributed by atoms with E-state index in [9.17, 15) is 4.79 Å². The minimum Gasteiger partial charge on any atom is -0.370 e. The molecule has 2 N–H and O–H groups in total. The molecule has 0 radical (unpaired) electrons. The van der Waals surface area contributed by atoms with Gasteiger partial charge in [0.2, 0.25) is 5.91 Å². The van der Waals surface area contributed by atoms with Crippen LogP contribution in [-0.4, -0.2) is 5.91 Å². The molecule has 0 saturated carbocycles. The van der Waals surface area contributed by atoms with Gasteiger partial charge in [0.15, 0.2) is 0 Å². The normalized spacial score (nSPS) is 9.80. The van der Waals surface area contributed by atoms with Crippen molar-refractivity contribution in [1.29, 1.82) is 0 Å². The highest BCUT2D eigenvalue weighted by atomic mass is 16.1. The van der Waals surface area contributed by atoms with E-state index >= 15 is 0 Å². The van der Waals surface area contributed by atoms with Crippen LogP contribution in [0.1, 0.15) is 116 Å². The first-order chi connectivity index (χ1) is 12.3. The smallest absolute Gasteiger partial charge is 0.217 e. The van der Waals surface area contributed by atoms with E-state index in [0.717, 1.165) is 32.1 Å². The molecule has 142 valence electrons. The van der Waals surface area contributed by atoms with Gasteiger partial charge in [0.1, 0.15) is 0 Å². The van der Waals surface area contributed by atoms with Gasteiger partial charge in [-0.3, -0.25) is 4.79 Å². The fourth-order valence-corrected chi connectivity index (χ4v) is 2.78. The number of carbonyl (C=O) groups is 1. The molecule has 0 unspecified atom stereocenters. The lowest BCUT2D eigenvalue weighted by Crippen LogP contribution is -2.09. The third-order valence-corrected chi connectivity index (χ3v) is 4.37. The fraction of sp³-hybridized carbons (Fsp3) is 0.783. The summed E-state index contributed by atoms with van der Waals surface area (Å²) in [6.45, 7) is 2.26. The Kier molecular flexibility index (Phi) is 19.5. The van der Waals surface area contributed by atoms with Gasteiger partial charge in [-0.2, -0.15) is 0 Å². The van der Waals surface area contributed by atoms with E-state index in [1.54, 1.807) is 0 Å². The van der Waals surface area contributed by atoms with Crippen molar-refractivity contribution in [2.24, 2.45) is 5.73 Å². The number of unbranched alkanes of at least 4 members (excludes halogenated alkanes) is 14. The van der Waals surface area contributed by atoms with Gasteiger partial charge in [-0.1, -0.05) is 89.4 Å². The Labute approximate surface area is 156 Å². The largest absolute Gasteiger partial charge is 0.370 e. The van der Waals surface area contributed by atoms with Gasteiger partial charge in [-0.25, -0.2) is 0 Å². The first-order valence-electron chi connectivity index (χ1n) is 10.5. The number of amides is 1. The standard InChI is InChI=1S/C23H39NO/c1-2-3-4-5-6-7-8-9-10-11-12-13-14-15-16-17-18-19-20-21-22-23(24)25/h2-10,15-22H2,1H3,(H2,24,25). The maximum Gasteiger partial charge on any atom is 0.217 e. The van der Waals surface area contributed by atoms with Crippen molar-refractivity contribution in [3.63, 3.8) is 0 Å². The molecule has 25 heavy (non-hydrogen) atoms. The number of nitrogens with two attached hydrogens (primary N) is 1. The summed E-state index contributed by atoms with van der Waals surface area (Å²) in [7, 11) is 0. The van der Waals surface area contributed by atoms with E-state index < -0.39 is 0 Å². The summed E-state index contributed by atoms with van der Waals surface area (Å²) in [6.07, 6.45) is 20.1. The maximum absolute atomic E-state index is 10.6. The van der Waals surface area contributed by atoms with Gasteiger partial charge in [-0.05, 0) is 31.1 Å². The van der Waals surface area contributed by atoms with Crippen LogP contribution in [0.2, 0.25) is 0 Å². The molecule has 0 aliphatic rings. The zero-order chi connectivity index (χ0) is 18.4. The lowest BCUT2D eigenvalue weighted by atomic mass is 10.1. The number of primary amides is 1. The molecule has 2 nitrogen and oxygen atoms in total. The fourth-order valence-electron chi connectivity index (χ4n) is 2.78. The van der Waals surface area contributed by atoms with Crippen molar-refractivity contribution in [2.75, 3.05) is 0 Å². The van der Waals surface area contributed by atoms with Crippen molar-refractivity contribution < 1.29 is 4.79 Å². The van der Waals surface area contributed by atoms with E-state index in [-0.39, 0.29) is 5.91 Å². The van der Waals surface area contributed by atoms with Gasteiger partial charge in [0, 0.05) is 19.3 Å². The van der Waals surface area contributed by atoms with Crippen LogP contribution in [0.15, 0.2) is 0 Å². The lowest BCUT2D eigenvalue weighted by Gasteiger charge is -1.99. The second-order valence-corrected chi connectivity index (χ2v) is 6.92. The molecule has 0 fully saturated rings. The van der Waals surface area contributed by atoms with Crippen LogP contribution < -0.4 is 5.73 Å².